The number of hydrogen-bond donors (Lipinski definition) is 0. The first-order chi connectivity index (χ1) is 15.0. The number of hydrogen-bond acceptors (Lipinski definition) is 4. The maximum atomic E-state index is 12.9. The third-order valence-corrected chi connectivity index (χ3v) is 5.98. The number of aryl methyl sites for hydroxylation is 2. The van der Waals surface area contributed by atoms with Crippen molar-refractivity contribution in [1.29, 1.82) is 0 Å². The minimum atomic E-state index is -0.442. The largest absolute Gasteiger partial charge is 0.337 e. The van der Waals surface area contributed by atoms with E-state index in [1.807, 2.05) is 4.90 Å². The summed E-state index contributed by atoms with van der Waals surface area (Å²) in [6, 6.07) is 16.6. The predicted octanol–water partition coefficient (Wildman–Crippen LogP) is 4.57. The minimum Gasteiger partial charge on any atom is -0.337 e. The van der Waals surface area contributed by atoms with Crippen molar-refractivity contribution in [2.75, 3.05) is 13.1 Å². The van der Waals surface area contributed by atoms with Crippen molar-refractivity contribution < 1.29 is 9.72 Å². The quantitative estimate of drug-likeness (QED) is 0.434. The highest BCUT2D eigenvalue weighted by molar-refractivity contribution is 5.92. The Labute approximate surface area is 181 Å². The summed E-state index contributed by atoms with van der Waals surface area (Å²) in [5, 5.41) is 15.3. The van der Waals surface area contributed by atoms with Crippen LogP contribution in [0.15, 0.2) is 60.8 Å². The van der Waals surface area contributed by atoms with Crippen LogP contribution in [0, 0.1) is 23.0 Å². The van der Waals surface area contributed by atoms with Gasteiger partial charge in [-0.1, -0.05) is 35.9 Å². The molecule has 0 atom stereocenters. The summed E-state index contributed by atoms with van der Waals surface area (Å²) >= 11 is 0. The van der Waals surface area contributed by atoms with Crippen LogP contribution in [0.2, 0.25) is 0 Å². The van der Waals surface area contributed by atoms with Crippen LogP contribution in [0.25, 0.3) is 5.69 Å². The van der Waals surface area contributed by atoms with E-state index >= 15 is 0 Å². The monoisotopic (exact) mass is 418 g/mol. The Hall–Kier alpha value is -3.48. The molecule has 4 rings (SSSR count). The summed E-state index contributed by atoms with van der Waals surface area (Å²) in [6.07, 6.45) is 5.89. The van der Waals surface area contributed by atoms with Crippen molar-refractivity contribution in [3.05, 3.63) is 87.7 Å². The van der Waals surface area contributed by atoms with E-state index in [-0.39, 0.29) is 11.6 Å². The van der Waals surface area contributed by atoms with Crippen LogP contribution in [-0.4, -0.2) is 38.6 Å². The van der Waals surface area contributed by atoms with Gasteiger partial charge in [-0.05, 0) is 56.2 Å². The van der Waals surface area contributed by atoms with Crippen molar-refractivity contribution >= 4 is 11.6 Å². The van der Waals surface area contributed by atoms with Gasteiger partial charge in [0.1, 0.15) is 0 Å². The Morgan fingerprint density at radius 3 is 2.58 bits per heavy atom. The van der Waals surface area contributed by atoms with Gasteiger partial charge in [0.25, 0.3) is 11.6 Å². The van der Waals surface area contributed by atoms with E-state index in [9.17, 15) is 14.9 Å². The number of piperidine rings is 1. The summed E-state index contributed by atoms with van der Waals surface area (Å²) in [6.45, 7) is 3.57. The van der Waals surface area contributed by atoms with Crippen molar-refractivity contribution in [3.63, 3.8) is 0 Å². The molecule has 1 amide bonds. The van der Waals surface area contributed by atoms with Crippen molar-refractivity contribution in [3.8, 4) is 5.69 Å². The second kappa shape index (κ2) is 9.12. The Balaban J connectivity index is 1.32. The van der Waals surface area contributed by atoms with E-state index in [0.29, 0.717) is 17.3 Å². The second-order valence-electron chi connectivity index (χ2n) is 8.18. The molecule has 1 aliphatic heterocycles. The molecule has 0 radical (unpaired) electrons. The van der Waals surface area contributed by atoms with E-state index in [0.717, 1.165) is 38.8 Å². The van der Waals surface area contributed by atoms with Gasteiger partial charge in [-0.3, -0.25) is 14.9 Å². The van der Waals surface area contributed by atoms with Crippen LogP contribution >= 0.6 is 0 Å². The standard InChI is InChI=1S/C24H26N4O3/c1-18-5-7-19(8-6-18)9-10-20-11-14-26(15-12-20)24(29)23-13-16-27(25-23)21-3-2-4-22(17-21)28(30)31/h2-8,13,16-17,20H,9-12,14-15H2,1H3. The van der Waals surface area contributed by atoms with Gasteiger partial charge in [0.15, 0.2) is 5.69 Å². The van der Waals surface area contributed by atoms with E-state index in [1.54, 1.807) is 24.4 Å². The van der Waals surface area contributed by atoms with Crippen LogP contribution in [0.4, 0.5) is 5.69 Å². The molecule has 0 N–H and O–H groups in total. The van der Waals surface area contributed by atoms with Crippen LogP contribution in [-0.2, 0) is 6.42 Å². The van der Waals surface area contributed by atoms with Gasteiger partial charge < -0.3 is 4.90 Å². The van der Waals surface area contributed by atoms with Gasteiger partial charge in [0, 0.05) is 31.4 Å². The number of aromatic nitrogens is 2. The maximum Gasteiger partial charge on any atom is 0.274 e. The fraction of sp³-hybridized carbons (Fsp3) is 0.333. The van der Waals surface area contributed by atoms with Crippen LogP contribution < -0.4 is 0 Å². The van der Waals surface area contributed by atoms with Gasteiger partial charge in [0.05, 0.1) is 10.6 Å². The lowest BCUT2D eigenvalue weighted by molar-refractivity contribution is -0.384. The molecular weight excluding hydrogens is 392 g/mol. The van der Waals surface area contributed by atoms with Crippen LogP contribution in [0.1, 0.15) is 40.9 Å². The molecule has 1 aromatic heterocycles. The molecule has 160 valence electrons. The zero-order valence-electron chi connectivity index (χ0n) is 17.6. The minimum absolute atomic E-state index is 0.00594. The molecule has 0 aliphatic carbocycles. The number of carbonyl (C=O) groups is 1. The van der Waals surface area contributed by atoms with Gasteiger partial charge in [0.2, 0.25) is 0 Å². The number of benzene rings is 2. The van der Waals surface area contributed by atoms with Gasteiger partial charge in [-0.25, -0.2) is 4.68 Å². The summed E-state index contributed by atoms with van der Waals surface area (Å²) < 4.78 is 1.51. The topological polar surface area (TPSA) is 81.3 Å². The predicted molar refractivity (Wildman–Crippen MR) is 118 cm³/mol. The first-order valence-corrected chi connectivity index (χ1v) is 10.6. The molecule has 0 unspecified atom stereocenters. The zero-order chi connectivity index (χ0) is 21.8. The van der Waals surface area contributed by atoms with E-state index in [2.05, 4.69) is 36.3 Å². The van der Waals surface area contributed by atoms with Gasteiger partial charge >= 0.3 is 0 Å². The van der Waals surface area contributed by atoms with E-state index < -0.39 is 4.92 Å². The lowest BCUT2D eigenvalue weighted by atomic mass is 9.90. The normalized spacial score (nSPS) is 14.5. The molecule has 2 heterocycles. The molecule has 1 saturated heterocycles. The van der Waals surface area contributed by atoms with Crippen molar-refractivity contribution in [2.24, 2.45) is 5.92 Å². The van der Waals surface area contributed by atoms with Crippen LogP contribution in [0.5, 0.6) is 0 Å². The highest BCUT2D eigenvalue weighted by atomic mass is 16.6. The number of likely N-dealkylation sites (tertiary alicyclic amines) is 1. The number of nitrogens with zero attached hydrogens (tertiary/aromatic N) is 4. The fourth-order valence-electron chi connectivity index (χ4n) is 4.04. The average Bonchev–Trinajstić information content (AvgIpc) is 3.29. The van der Waals surface area contributed by atoms with Crippen molar-refractivity contribution in [1.82, 2.24) is 14.7 Å². The fourth-order valence-corrected chi connectivity index (χ4v) is 4.04. The Kier molecular flexibility index (Phi) is 6.11. The Morgan fingerprint density at radius 2 is 1.87 bits per heavy atom. The lowest BCUT2D eigenvalue weighted by Gasteiger charge is -2.31. The molecule has 3 aromatic rings. The average molecular weight is 418 g/mol. The molecule has 31 heavy (non-hydrogen) atoms. The maximum absolute atomic E-state index is 12.9. The third kappa shape index (κ3) is 4.99. The Bertz CT molecular complexity index is 1070. The third-order valence-electron chi connectivity index (χ3n) is 5.98. The van der Waals surface area contributed by atoms with E-state index in [4.69, 9.17) is 0 Å². The first-order valence-electron chi connectivity index (χ1n) is 10.6. The van der Waals surface area contributed by atoms with E-state index in [1.165, 1.54) is 27.9 Å². The highest BCUT2D eigenvalue weighted by Crippen LogP contribution is 2.24. The van der Waals surface area contributed by atoms with Crippen LogP contribution in [0.3, 0.4) is 0 Å². The SMILES string of the molecule is Cc1ccc(CCC2CCN(C(=O)c3ccn(-c4cccc([N+](=O)[O-])c4)n3)CC2)cc1. The van der Waals surface area contributed by atoms with Crippen molar-refractivity contribution in [2.45, 2.75) is 32.6 Å². The molecule has 1 aliphatic rings. The molecule has 0 bridgehead atoms. The number of amides is 1. The summed E-state index contributed by atoms with van der Waals surface area (Å²) in [7, 11) is 0. The number of non-ortho nitro benzene ring substituents is 1. The molecule has 1 fully saturated rings. The first kappa shape index (κ1) is 20.8. The molecule has 7 nitrogen and oxygen atoms in total. The second-order valence-corrected chi connectivity index (χ2v) is 8.18. The molecule has 7 heteroatoms. The molecule has 0 spiro atoms. The highest BCUT2D eigenvalue weighted by Gasteiger charge is 2.25. The number of nitro groups is 1. The lowest BCUT2D eigenvalue weighted by Crippen LogP contribution is -2.38. The number of carbonyl (C=O) groups excluding carboxylic acids is 1. The summed E-state index contributed by atoms with van der Waals surface area (Å²) in [5.41, 5.74) is 3.57. The number of rotatable bonds is 6. The molecule has 0 saturated carbocycles. The molecule has 2 aromatic carbocycles. The zero-order valence-corrected chi connectivity index (χ0v) is 17.6. The summed E-state index contributed by atoms with van der Waals surface area (Å²) in [5.74, 6) is 0.550. The summed E-state index contributed by atoms with van der Waals surface area (Å²) in [4.78, 5) is 25.3. The molecular formula is C24H26N4O3. The van der Waals surface area contributed by atoms with Gasteiger partial charge in [-0.2, -0.15) is 5.10 Å². The van der Waals surface area contributed by atoms with Gasteiger partial charge in [-0.15, -0.1) is 0 Å². The Morgan fingerprint density at radius 1 is 1.13 bits per heavy atom. The number of nitro benzene ring substituents is 1. The smallest absolute Gasteiger partial charge is 0.274 e.